The van der Waals surface area contributed by atoms with Crippen LogP contribution >= 0.6 is 0 Å². The lowest BCUT2D eigenvalue weighted by Gasteiger charge is -2.18. The summed E-state index contributed by atoms with van der Waals surface area (Å²) in [5.74, 6) is -0.915. The maximum atomic E-state index is 12.9. The van der Waals surface area contributed by atoms with Gasteiger partial charge >= 0.3 is 17.9 Å². The number of carbonyl (C=O) groups is 3. The third kappa shape index (κ3) is 66.6. The summed E-state index contributed by atoms with van der Waals surface area (Å²) in [5, 5.41) is 0. The highest BCUT2D eigenvalue weighted by molar-refractivity contribution is 5.71. The lowest BCUT2D eigenvalue weighted by molar-refractivity contribution is -0.167. The van der Waals surface area contributed by atoms with Gasteiger partial charge in [0.15, 0.2) is 6.10 Å². The lowest BCUT2D eigenvalue weighted by Crippen LogP contribution is -2.30. The van der Waals surface area contributed by atoms with Gasteiger partial charge in [-0.25, -0.2) is 0 Å². The molecule has 0 rings (SSSR count). The van der Waals surface area contributed by atoms with Gasteiger partial charge in [-0.1, -0.05) is 316 Å². The van der Waals surface area contributed by atoms with Gasteiger partial charge in [-0.15, -0.1) is 0 Å². The standard InChI is InChI=1S/C76H128O6/c1-4-7-10-13-16-19-22-25-28-31-34-35-36-37-38-39-40-41-43-45-48-51-54-57-60-63-66-69-75(78)81-72-73(71-80-74(77)68-65-62-59-56-53-50-47-44-33-30-27-24-21-18-15-12-9-6-3)82-76(79)70-67-64-61-58-55-52-49-46-42-32-29-26-23-20-17-14-11-8-5-2/h7-8,10-11,16-17,19-20,25-26,28-29,34-35,37-38,42,46,52,55,73H,4-6,9,12-15,18,21-24,27,30-33,36,39-41,43-45,47-51,53-54,56-72H2,1-3H3/b10-7-,11-8-,19-16-,20-17-,28-25-,29-26-,35-34-,38-37-,46-42-,55-52-. The van der Waals surface area contributed by atoms with E-state index in [2.05, 4.69) is 142 Å². The number of unbranched alkanes of at least 4 members (excludes halogenated alkanes) is 31. The Morgan fingerprint density at radius 2 is 0.476 bits per heavy atom. The van der Waals surface area contributed by atoms with Gasteiger partial charge in [-0.2, -0.15) is 0 Å². The van der Waals surface area contributed by atoms with Crippen LogP contribution in [0.5, 0.6) is 0 Å². The summed E-state index contributed by atoms with van der Waals surface area (Å²) in [5.41, 5.74) is 0. The number of ether oxygens (including phenoxy) is 3. The second-order valence-corrected chi connectivity index (χ2v) is 22.7. The fraction of sp³-hybridized carbons (Fsp3) is 0.697. The predicted molar refractivity (Wildman–Crippen MR) is 357 cm³/mol. The maximum absolute atomic E-state index is 12.9. The molecule has 0 aromatic heterocycles. The van der Waals surface area contributed by atoms with E-state index in [9.17, 15) is 14.4 Å². The van der Waals surface area contributed by atoms with Crippen LogP contribution in [0.2, 0.25) is 0 Å². The minimum atomic E-state index is -0.800. The van der Waals surface area contributed by atoms with Crippen molar-refractivity contribution < 1.29 is 28.6 Å². The Hall–Kier alpha value is -4.19. The van der Waals surface area contributed by atoms with Crippen molar-refractivity contribution in [1.82, 2.24) is 0 Å². The Balaban J connectivity index is 4.39. The molecular weight excluding hydrogens is 1010 g/mol. The Morgan fingerprint density at radius 3 is 0.756 bits per heavy atom. The molecule has 468 valence electrons. The monoisotopic (exact) mass is 1140 g/mol. The van der Waals surface area contributed by atoms with Crippen LogP contribution < -0.4 is 0 Å². The van der Waals surface area contributed by atoms with E-state index in [-0.39, 0.29) is 37.5 Å². The zero-order valence-corrected chi connectivity index (χ0v) is 53.7. The highest BCUT2D eigenvalue weighted by atomic mass is 16.6. The molecule has 0 fully saturated rings. The Kier molecular flexibility index (Phi) is 65.8. The first kappa shape index (κ1) is 77.8. The highest BCUT2D eigenvalue weighted by Gasteiger charge is 2.19. The number of carbonyl (C=O) groups excluding carboxylic acids is 3. The van der Waals surface area contributed by atoms with Gasteiger partial charge in [0.1, 0.15) is 13.2 Å². The molecule has 0 spiro atoms. The zero-order valence-electron chi connectivity index (χ0n) is 53.7. The van der Waals surface area contributed by atoms with Crippen molar-refractivity contribution in [3.05, 3.63) is 122 Å². The van der Waals surface area contributed by atoms with Crippen molar-refractivity contribution in [1.29, 1.82) is 0 Å². The third-order valence-corrected chi connectivity index (χ3v) is 14.7. The summed E-state index contributed by atoms with van der Waals surface area (Å²) in [4.78, 5) is 38.5. The average molecular weight is 1140 g/mol. The normalized spacial score (nSPS) is 12.9. The molecule has 0 radical (unpaired) electrons. The van der Waals surface area contributed by atoms with E-state index in [1.807, 2.05) is 0 Å². The molecule has 0 heterocycles. The molecule has 0 saturated carbocycles. The van der Waals surface area contributed by atoms with Crippen LogP contribution in [0, 0.1) is 0 Å². The van der Waals surface area contributed by atoms with Crippen molar-refractivity contribution in [2.24, 2.45) is 0 Å². The molecule has 0 aromatic carbocycles. The number of allylic oxidation sites excluding steroid dienone is 20. The van der Waals surface area contributed by atoms with E-state index in [0.717, 1.165) is 128 Å². The Labute approximate surface area is 507 Å². The molecule has 0 aromatic rings. The largest absolute Gasteiger partial charge is 0.462 e. The molecule has 1 unspecified atom stereocenters. The van der Waals surface area contributed by atoms with Crippen molar-refractivity contribution in [2.75, 3.05) is 13.2 Å². The number of hydrogen-bond acceptors (Lipinski definition) is 6. The number of rotatable bonds is 62. The van der Waals surface area contributed by atoms with Crippen molar-refractivity contribution >= 4 is 17.9 Å². The third-order valence-electron chi connectivity index (χ3n) is 14.7. The van der Waals surface area contributed by atoms with Crippen LogP contribution in [-0.2, 0) is 28.6 Å². The van der Waals surface area contributed by atoms with Gasteiger partial charge in [-0.05, 0) is 109 Å². The summed E-state index contributed by atoms with van der Waals surface area (Å²) in [6.45, 7) is 6.42. The molecule has 0 aliphatic heterocycles. The summed E-state index contributed by atoms with van der Waals surface area (Å²) in [6, 6.07) is 0. The minimum Gasteiger partial charge on any atom is -0.462 e. The van der Waals surface area contributed by atoms with E-state index in [1.165, 1.54) is 154 Å². The zero-order chi connectivity index (χ0) is 59.2. The summed E-state index contributed by atoms with van der Waals surface area (Å²) < 4.78 is 17.0. The van der Waals surface area contributed by atoms with E-state index >= 15 is 0 Å². The average Bonchev–Trinajstić information content (AvgIpc) is 3.47. The van der Waals surface area contributed by atoms with E-state index < -0.39 is 6.10 Å². The molecular formula is C76H128O6. The summed E-state index contributed by atoms with van der Waals surface area (Å²) in [6.07, 6.45) is 96.4. The van der Waals surface area contributed by atoms with Crippen molar-refractivity contribution in [2.45, 2.75) is 329 Å². The minimum absolute atomic E-state index is 0.0912. The van der Waals surface area contributed by atoms with Gasteiger partial charge in [0.05, 0.1) is 0 Å². The van der Waals surface area contributed by atoms with Gasteiger partial charge < -0.3 is 14.2 Å². The molecule has 6 nitrogen and oxygen atoms in total. The SMILES string of the molecule is CC/C=C\C/C=C\C/C=C\C/C=C\C/C=C\CCCCCCCCCCCCCC(=O)OCC(COC(=O)CCCCCCCCCCCCCCCCCCCC)OC(=O)CCCCC/C=C\C/C=C\C/C=C\C/C=C\C/C=C\CC. The first-order chi connectivity index (χ1) is 40.5. The molecule has 0 amide bonds. The van der Waals surface area contributed by atoms with Crippen molar-refractivity contribution in [3.8, 4) is 0 Å². The Bertz CT molecular complexity index is 1690. The van der Waals surface area contributed by atoms with E-state index in [4.69, 9.17) is 14.2 Å². The van der Waals surface area contributed by atoms with Crippen LogP contribution in [-0.4, -0.2) is 37.2 Å². The van der Waals surface area contributed by atoms with Crippen LogP contribution in [0.25, 0.3) is 0 Å². The topological polar surface area (TPSA) is 78.9 Å². The molecule has 1 atom stereocenters. The van der Waals surface area contributed by atoms with Crippen LogP contribution in [0.3, 0.4) is 0 Å². The predicted octanol–water partition coefficient (Wildman–Crippen LogP) is 23.9. The fourth-order valence-electron chi connectivity index (χ4n) is 9.62. The molecule has 0 saturated heterocycles. The van der Waals surface area contributed by atoms with Gasteiger partial charge in [0.2, 0.25) is 0 Å². The summed E-state index contributed by atoms with van der Waals surface area (Å²) in [7, 11) is 0. The fourth-order valence-corrected chi connectivity index (χ4v) is 9.62. The van der Waals surface area contributed by atoms with Crippen molar-refractivity contribution in [3.63, 3.8) is 0 Å². The summed E-state index contributed by atoms with van der Waals surface area (Å²) >= 11 is 0. The lowest BCUT2D eigenvalue weighted by atomic mass is 10.0. The molecule has 82 heavy (non-hydrogen) atoms. The molecule has 0 bridgehead atoms. The van der Waals surface area contributed by atoms with Gasteiger partial charge in [0, 0.05) is 19.3 Å². The van der Waals surface area contributed by atoms with Crippen LogP contribution in [0.4, 0.5) is 0 Å². The number of hydrogen-bond donors (Lipinski definition) is 0. The molecule has 0 aliphatic carbocycles. The first-order valence-electron chi connectivity index (χ1n) is 34.5. The van der Waals surface area contributed by atoms with Crippen LogP contribution in [0.15, 0.2) is 122 Å². The van der Waals surface area contributed by atoms with Gasteiger partial charge in [-0.3, -0.25) is 14.4 Å². The van der Waals surface area contributed by atoms with E-state index in [0.29, 0.717) is 12.8 Å². The van der Waals surface area contributed by atoms with E-state index in [1.54, 1.807) is 0 Å². The molecule has 0 aliphatic rings. The molecule has 6 heteroatoms. The van der Waals surface area contributed by atoms with Gasteiger partial charge in [0.25, 0.3) is 0 Å². The smallest absolute Gasteiger partial charge is 0.306 e. The second-order valence-electron chi connectivity index (χ2n) is 22.7. The number of esters is 3. The van der Waals surface area contributed by atoms with Crippen LogP contribution in [0.1, 0.15) is 323 Å². The highest BCUT2D eigenvalue weighted by Crippen LogP contribution is 2.17. The quantitative estimate of drug-likeness (QED) is 0.0261. The molecule has 0 N–H and O–H groups in total. The maximum Gasteiger partial charge on any atom is 0.306 e. The second kappa shape index (κ2) is 69.3. The first-order valence-corrected chi connectivity index (χ1v) is 34.5. The Morgan fingerprint density at radius 1 is 0.256 bits per heavy atom.